The number of rotatable bonds is 2. The normalized spacial score (nSPS) is 15.7. The minimum Gasteiger partial charge on any atom is -0.434 e. The molecular weight excluding hydrogens is 252 g/mol. The van der Waals surface area contributed by atoms with E-state index < -0.39 is 5.97 Å². The summed E-state index contributed by atoms with van der Waals surface area (Å²) < 4.78 is 16.9. The molecule has 0 aliphatic carbocycles. The molecule has 0 bridgehead atoms. The summed E-state index contributed by atoms with van der Waals surface area (Å²) in [6.45, 7) is 1.91. The molecule has 0 saturated carbocycles. The van der Waals surface area contributed by atoms with E-state index in [0.717, 1.165) is 27.7 Å². The van der Waals surface area contributed by atoms with Crippen molar-refractivity contribution in [2.24, 2.45) is 0 Å². The Hall–Kier alpha value is -2.06. The molecule has 20 heavy (non-hydrogen) atoms. The lowest BCUT2D eigenvalue weighted by Crippen LogP contribution is -2.37. The smallest absolute Gasteiger partial charge is 0.364 e. The van der Waals surface area contributed by atoms with Gasteiger partial charge in [0.25, 0.3) is 0 Å². The molecule has 102 valence electrons. The van der Waals surface area contributed by atoms with Crippen molar-refractivity contribution in [3.63, 3.8) is 0 Å². The lowest BCUT2D eigenvalue weighted by Gasteiger charge is -2.24. The van der Waals surface area contributed by atoms with Gasteiger partial charge in [-0.15, -0.1) is 5.73 Å². The van der Waals surface area contributed by atoms with Crippen molar-refractivity contribution < 1.29 is 14.2 Å². The van der Waals surface area contributed by atoms with Gasteiger partial charge in [-0.05, 0) is 29.8 Å². The SMILES string of the molecule is CC=C=C1c2c(ccc3ccccc23)OC1(OC)OC. The third-order valence-electron chi connectivity index (χ3n) is 3.52. The molecule has 3 nitrogen and oxygen atoms in total. The van der Waals surface area contributed by atoms with Gasteiger partial charge in [-0.2, -0.15) is 0 Å². The summed E-state index contributed by atoms with van der Waals surface area (Å²) in [4.78, 5) is 0. The van der Waals surface area contributed by atoms with Crippen LogP contribution in [0.5, 0.6) is 5.75 Å². The van der Waals surface area contributed by atoms with E-state index in [1.807, 2.05) is 37.3 Å². The Morgan fingerprint density at radius 3 is 2.55 bits per heavy atom. The third-order valence-corrected chi connectivity index (χ3v) is 3.52. The van der Waals surface area contributed by atoms with Crippen LogP contribution < -0.4 is 4.74 Å². The molecular formula is C17H16O3. The summed E-state index contributed by atoms with van der Waals surface area (Å²) in [6, 6.07) is 12.1. The fourth-order valence-corrected chi connectivity index (χ4v) is 2.62. The van der Waals surface area contributed by atoms with Crippen molar-refractivity contribution in [2.45, 2.75) is 12.9 Å². The van der Waals surface area contributed by atoms with E-state index in [1.54, 1.807) is 14.2 Å². The van der Waals surface area contributed by atoms with Crippen molar-refractivity contribution in [3.05, 3.63) is 53.8 Å². The van der Waals surface area contributed by atoms with E-state index in [4.69, 9.17) is 14.2 Å². The number of fused-ring (bicyclic) bond motifs is 3. The molecule has 3 rings (SSSR count). The fraction of sp³-hybridized carbons (Fsp3) is 0.235. The molecule has 1 aliphatic heterocycles. The lowest BCUT2D eigenvalue weighted by atomic mass is 9.98. The third kappa shape index (κ3) is 1.69. The van der Waals surface area contributed by atoms with Crippen LogP contribution in [0.4, 0.5) is 0 Å². The quantitative estimate of drug-likeness (QED) is 0.613. The highest BCUT2D eigenvalue weighted by molar-refractivity contribution is 5.99. The summed E-state index contributed by atoms with van der Waals surface area (Å²) in [5, 5.41) is 2.25. The Balaban J connectivity index is 2.37. The molecule has 1 aliphatic rings. The Labute approximate surface area is 118 Å². The predicted molar refractivity (Wildman–Crippen MR) is 78.5 cm³/mol. The van der Waals surface area contributed by atoms with Crippen LogP contribution in [0.3, 0.4) is 0 Å². The number of methoxy groups -OCH3 is 2. The van der Waals surface area contributed by atoms with Crippen LogP contribution in [0.1, 0.15) is 12.5 Å². The molecule has 2 aromatic rings. The fourth-order valence-electron chi connectivity index (χ4n) is 2.62. The van der Waals surface area contributed by atoms with Crippen molar-refractivity contribution in [1.82, 2.24) is 0 Å². The molecule has 1 heterocycles. The van der Waals surface area contributed by atoms with Crippen molar-refractivity contribution in [2.75, 3.05) is 14.2 Å². The van der Waals surface area contributed by atoms with Gasteiger partial charge in [0.1, 0.15) is 11.3 Å². The number of benzene rings is 2. The van der Waals surface area contributed by atoms with Crippen LogP contribution in [0.15, 0.2) is 48.2 Å². The summed E-state index contributed by atoms with van der Waals surface area (Å²) >= 11 is 0. The van der Waals surface area contributed by atoms with E-state index in [-0.39, 0.29) is 0 Å². The average molecular weight is 268 g/mol. The van der Waals surface area contributed by atoms with Gasteiger partial charge in [-0.25, -0.2) is 0 Å². The molecule has 0 aromatic heterocycles. The van der Waals surface area contributed by atoms with E-state index in [9.17, 15) is 0 Å². The van der Waals surface area contributed by atoms with Crippen LogP contribution in [0.2, 0.25) is 0 Å². The first-order valence-corrected chi connectivity index (χ1v) is 6.49. The van der Waals surface area contributed by atoms with E-state index >= 15 is 0 Å². The predicted octanol–water partition coefficient (Wildman–Crippen LogP) is 3.74. The molecule has 0 saturated heterocycles. The van der Waals surface area contributed by atoms with Crippen LogP contribution in [0.25, 0.3) is 16.3 Å². The van der Waals surface area contributed by atoms with Gasteiger partial charge in [0.05, 0.1) is 0 Å². The molecule has 0 radical (unpaired) electrons. The molecule has 0 amide bonds. The maximum absolute atomic E-state index is 5.90. The standard InChI is InChI=1S/C17H16O3/c1-4-7-14-16-13-9-6-5-8-12(13)10-11-15(16)20-17(14,18-2)19-3/h4-6,8-11H,1-3H3. The highest BCUT2D eigenvalue weighted by atomic mass is 16.9. The highest BCUT2D eigenvalue weighted by Crippen LogP contribution is 2.47. The number of ether oxygens (including phenoxy) is 3. The van der Waals surface area contributed by atoms with Gasteiger partial charge in [0.2, 0.25) is 0 Å². The zero-order valence-electron chi connectivity index (χ0n) is 11.8. The Kier molecular flexibility index (Phi) is 3.11. The molecule has 0 unspecified atom stereocenters. The topological polar surface area (TPSA) is 27.7 Å². The summed E-state index contributed by atoms with van der Waals surface area (Å²) in [5.41, 5.74) is 4.94. The van der Waals surface area contributed by atoms with Crippen LogP contribution >= 0.6 is 0 Å². The van der Waals surface area contributed by atoms with Crippen LogP contribution in [0, 0.1) is 0 Å². The Bertz CT molecular complexity index is 720. The zero-order valence-corrected chi connectivity index (χ0v) is 11.8. The van der Waals surface area contributed by atoms with E-state index in [0.29, 0.717) is 0 Å². The summed E-state index contributed by atoms with van der Waals surface area (Å²) in [7, 11) is 3.13. The van der Waals surface area contributed by atoms with Gasteiger partial charge < -0.3 is 14.2 Å². The highest BCUT2D eigenvalue weighted by Gasteiger charge is 2.46. The van der Waals surface area contributed by atoms with E-state index in [1.165, 1.54) is 0 Å². The van der Waals surface area contributed by atoms with Gasteiger partial charge in [-0.1, -0.05) is 30.3 Å². The number of hydrogen-bond donors (Lipinski definition) is 0. The molecule has 0 spiro atoms. The van der Waals surface area contributed by atoms with Crippen molar-refractivity contribution in [3.8, 4) is 5.75 Å². The molecule has 0 N–H and O–H groups in total. The molecule has 3 heteroatoms. The minimum atomic E-state index is -1.22. The average Bonchev–Trinajstić information content (AvgIpc) is 2.82. The van der Waals surface area contributed by atoms with Gasteiger partial charge in [-0.3, -0.25) is 0 Å². The van der Waals surface area contributed by atoms with Crippen molar-refractivity contribution >= 4 is 16.3 Å². The van der Waals surface area contributed by atoms with Crippen molar-refractivity contribution in [1.29, 1.82) is 0 Å². The first-order chi connectivity index (χ1) is 9.75. The van der Waals surface area contributed by atoms with Gasteiger partial charge in [0.15, 0.2) is 0 Å². The summed E-state index contributed by atoms with van der Waals surface area (Å²) in [6.07, 6.45) is 1.84. The van der Waals surface area contributed by atoms with Crippen LogP contribution in [-0.2, 0) is 9.47 Å². The monoisotopic (exact) mass is 268 g/mol. The maximum Gasteiger partial charge on any atom is 0.364 e. The second-order valence-corrected chi connectivity index (χ2v) is 4.53. The first kappa shape index (κ1) is 12.9. The summed E-state index contributed by atoms with van der Waals surface area (Å²) in [5.74, 6) is -0.476. The molecule has 0 atom stereocenters. The lowest BCUT2D eigenvalue weighted by molar-refractivity contribution is -0.272. The van der Waals surface area contributed by atoms with Gasteiger partial charge >= 0.3 is 5.97 Å². The second kappa shape index (κ2) is 4.80. The molecule has 2 aromatic carbocycles. The largest absolute Gasteiger partial charge is 0.434 e. The second-order valence-electron chi connectivity index (χ2n) is 4.53. The van der Waals surface area contributed by atoms with Crippen LogP contribution in [-0.4, -0.2) is 20.2 Å². The maximum atomic E-state index is 5.90. The number of hydrogen-bond acceptors (Lipinski definition) is 3. The first-order valence-electron chi connectivity index (χ1n) is 6.49. The Morgan fingerprint density at radius 2 is 1.85 bits per heavy atom. The zero-order chi connectivity index (χ0) is 14.2. The Morgan fingerprint density at radius 1 is 1.10 bits per heavy atom. The minimum absolute atomic E-state index is 0.747. The molecule has 0 fully saturated rings. The van der Waals surface area contributed by atoms with E-state index in [2.05, 4.69) is 17.9 Å². The van der Waals surface area contributed by atoms with Gasteiger partial charge in [0, 0.05) is 19.8 Å².